The third-order valence-corrected chi connectivity index (χ3v) is 2.52. The van der Waals surface area contributed by atoms with Crippen molar-refractivity contribution in [2.75, 3.05) is 19.8 Å². The summed E-state index contributed by atoms with van der Waals surface area (Å²) in [5.41, 5.74) is 5.25. The monoisotopic (exact) mass is 320 g/mol. The van der Waals surface area contributed by atoms with Gasteiger partial charge in [0.1, 0.15) is 18.1 Å². The predicted octanol–water partition coefficient (Wildman–Crippen LogP) is -4.51. The second-order valence-electron chi connectivity index (χ2n) is 4.38. The molecule has 0 saturated heterocycles. The number of rotatable bonds is 9. The molecule has 0 aromatic heterocycles. The molecule has 0 aromatic carbocycles. The van der Waals surface area contributed by atoms with Crippen LogP contribution < -0.4 is 21.7 Å². The topological polar surface area (TPSA) is 191 Å². The van der Waals surface area contributed by atoms with Gasteiger partial charge < -0.3 is 37.0 Å². The van der Waals surface area contributed by atoms with Gasteiger partial charge in [0, 0.05) is 0 Å². The molecule has 0 aromatic rings. The molecule has 0 heterocycles. The maximum Gasteiger partial charge on any atom is 0.328 e. The van der Waals surface area contributed by atoms with Crippen molar-refractivity contribution in [3.63, 3.8) is 0 Å². The van der Waals surface area contributed by atoms with Crippen LogP contribution in [-0.4, -0.2) is 76.9 Å². The summed E-state index contributed by atoms with van der Waals surface area (Å²) in [5, 5.41) is 32.4. The number of hydrogen-bond acceptors (Lipinski definition) is 7. The van der Waals surface area contributed by atoms with Crippen LogP contribution in [0, 0.1) is 0 Å². The van der Waals surface area contributed by atoms with Crippen molar-refractivity contribution in [2.45, 2.75) is 25.0 Å². The highest BCUT2D eigenvalue weighted by atomic mass is 16.4. The summed E-state index contributed by atoms with van der Waals surface area (Å²) >= 11 is 0. The Morgan fingerprint density at radius 3 is 2.09 bits per heavy atom. The van der Waals surface area contributed by atoms with Gasteiger partial charge in [-0.25, -0.2) is 4.79 Å². The number of hydrogen-bond donors (Lipinski definition) is 7. The van der Waals surface area contributed by atoms with E-state index in [1.807, 2.05) is 5.32 Å². The van der Waals surface area contributed by atoms with Gasteiger partial charge in [0.2, 0.25) is 17.7 Å². The van der Waals surface area contributed by atoms with E-state index in [1.54, 1.807) is 0 Å². The van der Waals surface area contributed by atoms with Crippen LogP contribution in [0.25, 0.3) is 0 Å². The van der Waals surface area contributed by atoms with Crippen molar-refractivity contribution in [3.05, 3.63) is 0 Å². The summed E-state index contributed by atoms with van der Waals surface area (Å²) in [6.45, 7) is -0.571. The minimum Gasteiger partial charge on any atom is -0.480 e. The Bertz CT molecular complexity index is 429. The molecule has 0 radical (unpaired) electrons. The van der Waals surface area contributed by atoms with Crippen molar-refractivity contribution in [3.8, 4) is 0 Å². The molecule has 0 rings (SSSR count). The third-order valence-electron chi connectivity index (χ3n) is 2.52. The average molecular weight is 320 g/mol. The number of aliphatic hydroxyl groups is 2. The summed E-state index contributed by atoms with van der Waals surface area (Å²) < 4.78 is 0. The van der Waals surface area contributed by atoms with Crippen LogP contribution in [0.4, 0.5) is 0 Å². The van der Waals surface area contributed by atoms with E-state index in [1.165, 1.54) is 6.92 Å². The number of carboxylic acid groups (broad SMARTS) is 1. The smallest absolute Gasteiger partial charge is 0.328 e. The van der Waals surface area contributed by atoms with Gasteiger partial charge in [-0.15, -0.1) is 0 Å². The van der Waals surface area contributed by atoms with E-state index in [4.69, 9.17) is 21.1 Å². The lowest BCUT2D eigenvalue weighted by atomic mass is 10.2. The fourth-order valence-electron chi connectivity index (χ4n) is 1.22. The summed E-state index contributed by atoms with van der Waals surface area (Å²) in [4.78, 5) is 44.9. The number of aliphatic carboxylic acids is 1. The lowest BCUT2D eigenvalue weighted by molar-refractivity contribution is -0.142. The molecule has 11 nitrogen and oxygen atoms in total. The maximum absolute atomic E-state index is 11.6. The van der Waals surface area contributed by atoms with E-state index >= 15 is 0 Å². The zero-order valence-corrected chi connectivity index (χ0v) is 11.9. The first kappa shape index (κ1) is 19.8. The highest BCUT2D eigenvalue weighted by molar-refractivity contribution is 5.92. The summed E-state index contributed by atoms with van der Waals surface area (Å²) in [6, 6.07) is -3.64. The van der Waals surface area contributed by atoms with Gasteiger partial charge in [-0.3, -0.25) is 14.4 Å². The van der Waals surface area contributed by atoms with E-state index in [0.29, 0.717) is 0 Å². The molecule has 3 amide bonds. The minimum atomic E-state index is -1.47. The quantitative estimate of drug-likeness (QED) is 0.221. The lowest BCUT2D eigenvalue weighted by Crippen LogP contribution is -2.53. The van der Waals surface area contributed by atoms with Crippen LogP contribution >= 0.6 is 0 Å². The predicted molar refractivity (Wildman–Crippen MR) is 72.3 cm³/mol. The van der Waals surface area contributed by atoms with Gasteiger partial charge in [-0.2, -0.15) is 0 Å². The summed E-state index contributed by atoms with van der Waals surface area (Å²) in [6.07, 6.45) is 0. The highest BCUT2D eigenvalue weighted by Gasteiger charge is 2.21. The molecular formula is C11H20N4O7. The molecule has 126 valence electrons. The molecule has 11 heteroatoms. The first-order chi connectivity index (χ1) is 10.2. The molecule has 0 aliphatic carbocycles. The van der Waals surface area contributed by atoms with Gasteiger partial charge in [-0.1, -0.05) is 0 Å². The number of aliphatic hydroxyl groups excluding tert-OH is 2. The van der Waals surface area contributed by atoms with Crippen molar-refractivity contribution < 1.29 is 34.5 Å². The van der Waals surface area contributed by atoms with Crippen molar-refractivity contribution in [1.29, 1.82) is 0 Å². The van der Waals surface area contributed by atoms with E-state index < -0.39 is 61.6 Å². The first-order valence-corrected chi connectivity index (χ1v) is 6.30. The molecule has 0 fully saturated rings. The van der Waals surface area contributed by atoms with Gasteiger partial charge in [-0.05, 0) is 6.92 Å². The maximum atomic E-state index is 11.6. The SMILES string of the molecule is CC(NC(=O)C(N)CO)C(=O)NCC(=O)NC(CO)C(=O)O. The van der Waals surface area contributed by atoms with E-state index in [2.05, 4.69) is 10.6 Å². The Morgan fingerprint density at radius 1 is 1.05 bits per heavy atom. The Morgan fingerprint density at radius 2 is 1.64 bits per heavy atom. The lowest BCUT2D eigenvalue weighted by Gasteiger charge is -2.17. The van der Waals surface area contributed by atoms with Crippen molar-refractivity contribution in [1.82, 2.24) is 16.0 Å². The fourth-order valence-corrected chi connectivity index (χ4v) is 1.22. The van der Waals surface area contributed by atoms with E-state index in [0.717, 1.165) is 0 Å². The molecule has 0 aliphatic heterocycles. The highest BCUT2D eigenvalue weighted by Crippen LogP contribution is 1.86. The zero-order valence-electron chi connectivity index (χ0n) is 11.9. The van der Waals surface area contributed by atoms with Crippen molar-refractivity contribution in [2.24, 2.45) is 5.73 Å². The van der Waals surface area contributed by atoms with Crippen LogP contribution in [0.5, 0.6) is 0 Å². The number of carbonyl (C=O) groups excluding carboxylic acids is 3. The summed E-state index contributed by atoms with van der Waals surface area (Å²) in [7, 11) is 0. The molecule has 0 bridgehead atoms. The second kappa shape index (κ2) is 9.65. The molecule has 22 heavy (non-hydrogen) atoms. The number of carbonyl (C=O) groups is 4. The second-order valence-corrected chi connectivity index (χ2v) is 4.38. The summed E-state index contributed by atoms with van der Waals surface area (Å²) in [5.74, 6) is -3.67. The van der Waals surface area contributed by atoms with Crippen LogP contribution in [0.15, 0.2) is 0 Å². The normalized spacial score (nSPS) is 14.4. The van der Waals surface area contributed by atoms with Crippen LogP contribution in [0.2, 0.25) is 0 Å². The van der Waals surface area contributed by atoms with Crippen molar-refractivity contribution >= 4 is 23.7 Å². The Balaban J connectivity index is 4.24. The molecule has 3 unspecified atom stereocenters. The van der Waals surface area contributed by atoms with Gasteiger partial charge in [0.15, 0.2) is 0 Å². The number of nitrogens with one attached hydrogen (secondary N) is 3. The standard InChI is InChI=1S/C11H20N4O7/c1-5(14-10(20)6(12)3-16)9(19)13-2-8(18)15-7(4-17)11(21)22/h5-7,16-17H,2-4,12H2,1H3,(H,13,19)(H,14,20)(H,15,18)(H,21,22). The Hall–Kier alpha value is -2.24. The van der Waals surface area contributed by atoms with Crippen LogP contribution in [0.1, 0.15) is 6.92 Å². The minimum absolute atomic E-state index is 0.533. The molecule has 8 N–H and O–H groups in total. The largest absolute Gasteiger partial charge is 0.480 e. The Labute approximate surface area is 125 Å². The van der Waals surface area contributed by atoms with Gasteiger partial charge in [0.05, 0.1) is 19.8 Å². The average Bonchev–Trinajstić information content (AvgIpc) is 2.48. The van der Waals surface area contributed by atoms with Crippen LogP contribution in [-0.2, 0) is 19.2 Å². The molecule has 0 saturated carbocycles. The third kappa shape index (κ3) is 6.97. The number of nitrogens with two attached hydrogens (primary N) is 1. The molecular weight excluding hydrogens is 300 g/mol. The Kier molecular flexibility index (Phi) is 8.67. The number of carboxylic acids is 1. The fraction of sp³-hybridized carbons (Fsp3) is 0.636. The van der Waals surface area contributed by atoms with E-state index in [9.17, 15) is 19.2 Å². The molecule has 3 atom stereocenters. The number of amides is 3. The first-order valence-electron chi connectivity index (χ1n) is 6.30. The van der Waals surface area contributed by atoms with Gasteiger partial charge >= 0.3 is 5.97 Å². The zero-order chi connectivity index (χ0) is 17.3. The van der Waals surface area contributed by atoms with E-state index in [-0.39, 0.29) is 0 Å². The van der Waals surface area contributed by atoms with Crippen LogP contribution in [0.3, 0.4) is 0 Å². The molecule has 0 spiro atoms. The van der Waals surface area contributed by atoms with Gasteiger partial charge in [0.25, 0.3) is 0 Å². The molecule has 0 aliphatic rings.